The van der Waals surface area contributed by atoms with Crippen LogP contribution < -0.4 is 10.1 Å². The number of nitrogens with zero attached hydrogens (tertiary/aromatic N) is 2. The minimum atomic E-state index is 0.141. The zero-order valence-electron chi connectivity index (χ0n) is 18.2. The zero-order valence-corrected chi connectivity index (χ0v) is 19.0. The Kier molecular flexibility index (Phi) is 7.54. The summed E-state index contributed by atoms with van der Waals surface area (Å²) in [6.45, 7) is 2.84. The molecule has 0 spiro atoms. The molecule has 2 heterocycles. The van der Waals surface area contributed by atoms with Crippen molar-refractivity contribution in [3.8, 4) is 5.75 Å². The molecule has 1 fully saturated rings. The number of nitrogens with one attached hydrogen (secondary N) is 1. The Morgan fingerprint density at radius 1 is 1.13 bits per heavy atom. The molecule has 1 aromatic heterocycles. The van der Waals surface area contributed by atoms with E-state index in [-0.39, 0.29) is 11.9 Å². The van der Waals surface area contributed by atoms with Crippen LogP contribution in [0, 0.1) is 0 Å². The normalized spacial score (nSPS) is 15.3. The molecule has 1 aliphatic heterocycles. The number of para-hydroxylation sites is 1. The van der Waals surface area contributed by atoms with Crippen LogP contribution in [-0.2, 0) is 11.2 Å². The molecule has 1 amide bonds. The van der Waals surface area contributed by atoms with Crippen LogP contribution in [0.5, 0.6) is 5.75 Å². The van der Waals surface area contributed by atoms with Crippen molar-refractivity contribution in [3.63, 3.8) is 0 Å². The van der Waals surface area contributed by atoms with Crippen LogP contribution in [0.25, 0.3) is 10.2 Å². The number of hydrogen-bond donors (Lipinski definition) is 1. The highest BCUT2D eigenvalue weighted by molar-refractivity contribution is 7.18. The van der Waals surface area contributed by atoms with Crippen LogP contribution in [0.4, 0.5) is 0 Å². The molecule has 0 bridgehead atoms. The van der Waals surface area contributed by atoms with Gasteiger partial charge in [0, 0.05) is 13.0 Å². The van der Waals surface area contributed by atoms with Gasteiger partial charge in [-0.25, -0.2) is 4.98 Å². The molecule has 3 aromatic rings. The van der Waals surface area contributed by atoms with Crippen molar-refractivity contribution in [2.24, 2.45) is 0 Å². The maximum Gasteiger partial charge on any atom is 0.220 e. The highest BCUT2D eigenvalue weighted by atomic mass is 32.1. The van der Waals surface area contributed by atoms with Crippen LogP contribution in [0.2, 0.25) is 0 Å². The number of ether oxygens (including phenoxy) is 1. The number of thiazole rings is 1. The number of aryl methyl sites for hydroxylation is 1. The molecule has 1 N–H and O–H groups in total. The molecule has 5 nitrogen and oxygen atoms in total. The average Bonchev–Trinajstić information content (AvgIpc) is 3.47. The highest BCUT2D eigenvalue weighted by Gasteiger charge is 2.24. The summed E-state index contributed by atoms with van der Waals surface area (Å²) in [6.07, 6.45) is 5.84. The molecule has 2 aromatic carbocycles. The predicted octanol–water partition coefficient (Wildman–Crippen LogP) is 4.97. The molecule has 1 atom stereocenters. The number of carbonyl (C=O) groups excluding carboxylic acids is 1. The van der Waals surface area contributed by atoms with Crippen molar-refractivity contribution in [1.29, 1.82) is 0 Å². The summed E-state index contributed by atoms with van der Waals surface area (Å²) >= 11 is 1.76. The molecule has 0 aliphatic carbocycles. The summed E-state index contributed by atoms with van der Waals surface area (Å²) in [6, 6.07) is 16.7. The van der Waals surface area contributed by atoms with Crippen LogP contribution in [0.3, 0.4) is 0 Å². The van der Waals surface area contributed by atoms with Crippen LogP contribution in [0.1, 0.15) is 48.7 Å². The first-order chi connectivity index (χ1) is 15.2. The van der Waals surface area contributed by atoms with E-state index >= 15 is 0 Å². The summed E-state index contributed by atoms with van der Waals surface area (Å²) in [5.41, 5.74) is 2.31. The monoisotopic (exact) mass is 437 g/mol. The van der Waals surface area contributed by atoms with Gasteiger partial charge in [0.25, 0.3) is 0 Å². The van der Waals surface area contributed by atoms with Crippen LogP contribution in [0.15, 0.2) is 48.5 Å². The van der Waals surface area contributed by atoms with Gasteiger partial charge in [-0.2, -0.15) is 0 Å². The predicted molar refractivity (Wildman–Crippen MR) is 127 cm³/mol. The van der Waals surface area contributed by atoms with Crippen LogP contribution in [-0.4, -0.2) is 42.5 Å². The molecule has 0 saturated carbocycles. The molecule has 1 saturated heterocycles. The number of amides is 1. The number of methoxy groups -OCH3 is 1. The van der Waals surface area contributed by atoms with Gasteiger partial charge in [0.05, 0.1) is 28.4 Å². The molecule has 4 rings (SSSR count). The van der Waals surface area contributed by atoms with Gasteiger partial charge in [0.2, 0.25) is 5.91 Å². The lowest BCUT2D eigenvalue weighted by Crippen LogP contribution is -2.36. The quantitative estimate of drug-likeness (QED) is 0.455. The largest absolute Gasteiger partial charge is 0.497 e. The van der Waals surface area contributed by atoms with Crippen molar-refractivity contribution in [3.05, 3.63) is 59.1 Å². The molecule has 1 aliphatic rings. The molecular formula is C25H31N3O2S. The second-order valence-corrected chi connectivity index (χ2v) is 9.23. The number of fused-ring (bicyclic) bond motifs is 1. The van der Waals surface area contributed by atoms with E-state index in [9.17, 15) is 4.79 Å². The minimum absolute atomic E-state index is 0.141. The lowest BCUT2D eigenvalue weighted by molar-refractivity contribution is -0.121. The third-order valence-electron chi connectivity index (χ3n) is 5.96. The van der Waals surface area contributed by atoms with E-state index in [1.54, 1.807) is 18.4 Å². The summed E-state index contributed by atoms with van der Waals surface area (Å²) < 4.78 is 6.53. The smallest absolute Gasteiger partial charge is 0.220 e. The van der Waals surface area contributed by atoms with E-state index in [4.69, 9.17) is 4.74 Å². The first kappa shape index (κ1) is 21.8. The van der Waals surface area contributed by atoms with Gasteiger partial charge in [0.1, 0.15) is 5.75 Å². The van der Waals surface area contributed by atoms with Crippen molar-refractivity contribution in [1.82, 2.24) is 15.2 Å². The Hall–Kier alpha value is -2.44. The molecule has 164 valence electrons. The number of aromatic nitrogens is 1. The van der Waals surface area contributed by atoms with E-state index in [0.29, 0.717) is 13.0 Å². The summed E-state index contributed by atoms with van der Waals surface area (Å²) in [5, 5.41) is 4.34. The van der Waals surface area contributed by atoms with Gasteiger partial charge >= 0.3 is 0 Å². The Balaban J connectivity index is 1.24. The molecule has 1 unspecified atom stereocenters. The number of unbranched alkanes of at least 4 members (excludes halogenated alkanes) is 1. The fourth-order valence-corrected chi connectivity index (χ4v) is 5.23. The topological polar surface area (TPSA) is 54.5 Å². The summed E-state index contributed by atoms with van der Waals surface area (Å²) in [7, 11) is 1.68. The maximum atomic E-state index is 12.5. The number of hydrogen-bond acceptors (Lipinski definition) is 5. The molecule has 0 radical (unpaired) electrons. The molecular weight excluding hydrogens is 406 g/mol. The van der Waals surface area contributed by atoms with Gasteiger partial charge in [0.15, 0.2) is 0 Å². The fourth-order valence-electron chi connectivity index (χ4n) is 4.22. The van der Waals surface area contributed by atoms with Gasteiger partial charge < -0.3 is 10.1 Å². The SMILES string of the molecule is COc1ccc(C(CNC(=O)CCCCc2nc3ccccc3s2)N2CCCC2)cc1. The first-order valence-corrected chi connectivity index (χ1v) is 12.0. The lowest BCUT2D eigenvalue weighted by Gasteiger charge is -2.28. The number of likely N-dealkylation sites (tertiary alicyclic amines) is 1. The number of carbonyl (C=O) groups is 1. The number of benzene rings is 2. The number of rotatable bonds is 10. The van der Waals surface area contributed by atoms with Gasteiger partial charge in [-0.1, -0.05) is 24.3 Å². The second-order valence-electron chi connectivity index (χ2n) is 8.12. The van der Waals surface area contributed by atoms with Crippen molar-refractivity contribution < 1.29 is 9.53 Å². The Bertz CT molecular complexity index is 947. The van der Waals surface area contributed by atoms with Gasteiger partial charge in [-0.3, -0.25) is 9.69 Å². The zero-order chi connectivity index (χ0) is 21.5. The second kappa shape index (κ2) is 10.7. The third kappa shape index (κ3) is 5.83. The minimum Gasteiger partial charge on any atom is -0.497 e. The standard InChI is InChI=1S/C25H31N3O2S/c1-30-20-14-12-19(13-15-20)22(28-16-6-7-17-28)18-26-24(29)10-4-5-11-25-27-21-8-2-3-9-23(21)31-25/h2-3,8-9,12-15,22H,4-7,10-11,16-18H2,1H3,(H,26,29). The van der Waals surface area contributed by atoms with E-state index in [2.05, 4.69) is 45.5 Å². The Morgan fingerprint density at radius 3 is 2.65 bits per heavy atom. The lowest BCUT2D eigenvalue weighted by atomic mass is 10.0. The van der Waals surface area contributed by atoms with Crippen molar-refractivity contribution in [2.75, 3.05) is 26.7 Å². The average molecular weight is 438 g/mol. The Labute approximate surface area is 188 Å². The van der Waals surface area contributed by atoms with Gasteiger partial charge in [-0.15, -0.1) is 11.3 Å². The highest BCUT2D eigenvalue weighted by Crippen LogP contribution is 2.26. The van der Waals surface area contributed by atoms with E-state index in [1.807, 2.05) is 18.2 Å². The maximum absolute atomic E-state index is 12.5. The van der Waals surface area contributed by atoms with Gasteiger partial charge in [-0.05, 0) is 75.0 Å². The summed E-state index contributed by atoms with van der Waals surface area (Å²) in [4.78, 5) is 19.6. The Morgan fingerprint density at radius 2 is 1.90 bits per heavy atom. The van der Waals surface area contributed by atoms with E-state index in [0.717, 1.165) is 48.6 Å². The van der Waals surface area contributed by atoms with E-state index in [1.165, 1.54) is 23.1 Å². The summed E-state index contributed by atoms with van der Waals surface area (Å²) in [5.74, 6) is 1.00. The molecule has 6 heteroatoms. The van der Waals surface area contributed by atoms with Crippen molar-refractivity contribution >= 4 is 27.5 Å². The fraction of sp³-hybridized carbons (Fsp3) is 0.440. The third-order valence-corrected chi connectivity index (χ3v) is 7.05. The van der Waals surface area contributed by atoms with Crippen LogP contribution >= 0.6 is 11.3 Å². The molecule has 31 heavy (non-hydrogen) atoms. The van der Waals surface area contributed by atoms with E-state index < -0.39 is 0 Å². The first-order valence-electron chi connectivity index (χ1n) is 11.2. The van der Waals surface area contributed by atoms with Crippen molar-refractivity contribution in [2.45, 2.75) is 44.6 Å².